The van der Waals surface area contributed by atoms with Crippen molar-refractivity contribution in [3.05, 3.63) is 70.8 Å². The van der Waals surface area contributed by atoms with Crippen LogP contribution in [-0.2, 0) is 17.4 Å². The number of alkyl halides is 3. The fourth-order valence-corrected chi connectivity index (χ4v) is 4.64. The first kappa shape index (κ1) is 19.8. The minimum atomic E-state index is -4.35. The van der Waals surface area contributed by atoms with Gasteiger partial charge in [-0.3, -0.25) is 4.79 Å². The normalized spacial score (nSPS) is 18.2. The number of rotatable bonds is 3. The molecule has 1 aliphatic rings. The zero-order valence-electron chi connectivity index (χ0n) is 15.1. The Bertz CT molecular complexity index is 789. The van der Waals surface area contributed by atoms with Crippen LogP contribution in [0.4, 0.5) is 13.2 Å². The third kappa shape index (κ3) is 5.06. The molecule has 0 aliphatic carbocycles. The maximum absolute atomic E-state index is 12.6. The lowest BCUT2D eigenvalue weighted by Crippen LogP contribution is -2.34. The molecule has 0 radical (unpaired) electrons. The van der Waals surface area contributed by atoms with Crippen molar-refractivity contribution >= 4 is 17.7 Å². The van der Waals surface area contributed by atoms with E-state index < -0.39 is 11.7 Å². The molecule has 2 aromatic carbocycles. The number of amides is 1. The number of carbonyl (C=O) groups excluding carboxylic acids is 1. The number of halogens is 3. The van der Waals surface area contributed by atoms with Gasteiger partial charge in [-0.25, -0.2) is 0 Å². The number of thioether (sulfide) groups is 1. The van der Waals surface area contributed by atoms with Gasteiger partial charge in [-0.1, -0.05) is 36.4 Å². The van der Waals surface area contributed by atoms with Crippen molar-refractivity contribution in [2.45, 2.75) is 31.2 Å². The molecular formula is C21H22F3NOS. The lowest BCUT2D eigenvalue weighted by Gasteiger charge is -2.21. The molecule has 2 nitrogen and oxygen atoms in total. The van der Waals surface area contributed by atoms with Gasteiger partial charge >= 0.3 is 6.18 Å². The lowest BCUT2D eigenvalue weighted by molar-refractivity contribution is -0.137. The summed E-state index contributed by atoms with van der Waals surface area (Å²) < 4.78 is 37.9. The van der Waals surface area contributed by atoms with Gasteiger partial charge in [0.15, 0.2) is 0 Å². The molecule has 144 valence electrons. The summed E-state index contributed by atoms with van der Waals surface area (Å²) >= 11 is 1.86. The van der Waals surface area contributed by atoms with E-state index in [9.17, 15) is 18.0 Å². The molecule has 1 aliphatic heterocycles. The molecule has 6 heteroatoms. The highest BCUT2D eigenvalue weighted by Crippen LogP contribution is 2.36. The molecule has 0 N–H and O–H groups in total. The van der Waals surface area contributed by atoms with Gasteiger partial charge < -0.3 is 4.90 Å². The summed E-state index contributed by atoms with van der Waals surface area (Å²) in [6.45, 7) is 3.45. The van der Waals surface area contributed by atoms with Crippen molar-refractivity contribution in [2.24, 2.45) is 0 Å². The maximum atomic E-state index is 12.6. The molecule has 0 unspecified atom stereocenters. The Balaban J connectivity index is 1.60. The molecule has 1 atom stereocenters. The number of carbonyl (C=O) groups is 1. The second-order valence-electron chi connectivity index (χ2n) is 6.76. The molecule has 2 aromatic rings. The van der Waals surface area contributed by atoms with Gasteiger partial charge in [-0.05, 0) is 42.2 Å². The fraction of sp³-hybridized carbons (Fsp3) is 0.381. The standard InChI is InChI=1S/C21H22F3NOS/c1-15-4-2-3-5-18(15)19-10-11-25(12-13-27-19)20(26)14-16-6-8-17(9-7-16)21(22,23)24/h2-9,19H,10-14H2,1H3/t19-/m0/s1. The Morgan fingerprint density at radius 2 is 1.81 bits per heavy atom. The highest BCUT2D eigenvalue weighted by atomic mass is 32.2. The van der Waals surface area contributed by atoms with Crippen LogP contribution < -0.4 is 0 Å². The molecule has 0 saturated carbocycles. The van der Waals surface area contributed by atoms with Gasteiger partial charge in [-0.2, -0.15) is 24.9 Å². The van der Waals surface area contributed by atoms with Crippen LogP contribution in [-0.4, -0.2) is 29.6 Å². The van der Waals surface area contributed by atoms with Crippen LogP contribution in [0.2, 0.25) is 0 Å². The molecule has 1 fully saturated rings. The zero-order valence-corrected chi connectivity index (χ0v) is 15.9. The van der Waals surface area contributed by atoms with E-state index in [1.807, 2.05) is 28.8 Å². The van der Waals surface area contributed by atoms with E-state index in [0.29, 0.717) is 23.9 Å². The van der Waals surface area contributed by atoms with E-state index in [1.54, 1.807) is 0 Å². The van der Waals surface area contributed by atoms with Crippen molar-refractivity contribution in [3.8, 4) is 0 Å². The third-order valence-electron chi connectivity index (χ3n) is 4.87. The van der Waals surface area contributed by atoms with Gasteiger partial charge in [0.2, 0.25) is 5.91 Å². The zero-order chi connectivity index (χ0) is 19.4. The van der Waals surface area contributed by atoms with Crippen LogP contribution in [0.1, 0.15) is 33.9 Å². The van der Waals surface area contributed by atoms with Crippen LogP contribution in [0, 0.1) is 6.92 Å². The average molecular weight is 393 g/mol. The number of hydrogen-bond donors (Lipinski definition) is 0. The predicted octanol–water partition coefficient (Wildman–Crippen LogP) is 5.26. The summed E-state index contributed by atoms with van der Waals surface area (Å²) in [6.07, 6.45) is -3.33. The van der Waals surface area contributed by atoms with E-state index in [0.717, 1.165) is 24.3 Å². The fourth-order valence-electron chi connectivity index (χ4n) is 3.31. The van der Waals surface area contributed by atoms with Crippen molar-refractivity contribution in [1.82, 2.24) is 4.90 Å². The number of benzene rings is 2. The minimum absolute atomic E-state index is 0.0270. The van der Waals surface area contributed by atoms with Crippen LogP contribution in [0.5, 0.6) is 0 Å². The molecule has 1 heterocycles. The number of hydrogen-bond acceptors (Lipinski definition) is 2. The Morgan fingerprint density at radius 1 is 1.11 bits per heavy atom. The molecule has 0 bridgehead atoms. The molecule has 1 saturated heterocycles. The monoisotopic (exact) mass is 393 g/mol. The summed E-state index contributed by atoms with van der Waals surface area (Å²) in [6, 6.07) is 13.2. The van der Waals surface area contributed by atoms with Gasteiger partial charge in [-0.15, -0.1) is 0 Å². The molecule has 0 spiro atoms. The Labute approximate surface area is 161 Å². The van der Waals surface area contributed by atoms with Crippen molar-refractivity contribution in [1.29, 1.82) is 0 Å². The molecule has 0 aromatic heterocycles. The number of nitrogens with zero attached hydrogens (tertiary/aromatic N) is 1. The molecule has 27 heavy (non-hydrogen) atoms. The Morgan fingerprint density at radius 3 is 2.48 bits per heavy atom. The van der Waals surface area contributed by atoms with E-state index >= 15 is 0 Å². The second kappa shape index (κ2) is 8.38. The third-order valence-corrected chi connectivity index (χ3v) is 6.18. The first-order valence-corrected chi connectivity index (χ1v) is 10.0. The summed E-state index contributed by atoms with van der Waals surface area (Å²) in [5, 5.41) is 0.370. The lowest BCUT2D eigenvalue weighted by atomic mass is 10.0. The average Bonchev–Trinajstić information content (AvgIpc) is 2.88. The minimum Gasteiger partial charge on any atom is -0.342 e. The van der Waals surface area contributed by atoms with Crippen LogP contribution in [0.3, 0.4) is 0 Å². The summed E-state index contributed by atoms with van der Waals surface area (Å²) in [5.74, 6) is 0.832. The highest BCUT2D eigenvalue weighted by Gasteiger charge is 2.30. The largest absolute Gasteiger partial charge is 0.416 e. The summed E-state index contributed by atoms with van der Waals surface area (Å²) in [4.78, 5) is 14.4. The van der Waals surface area contributed by atoms with E-state index in [2.05, 4.69) is 19.1 Å². The smallest absolute Gasteiger partial charge is 0.342 e. The SMILES string of the molecule is Cc1ccccc1[C@@H]1CCN(C(=O)Cc2ccc(C(F)(F)F)cc2)CCS1. The van der Waals surface area contributed by atoms with E-state index in [-0.39, 0.29) is 12.3 Å². The predicted molar refractivity (Wildman–Crippen MR) is 103 cm³/mol. The first-order chi connectivity index (χ1) is 12.8. The summed E-state index contributed by atoms with van der Waals surface area (Å²) in [5.41, 5.74) is 2.50. The Hall–Kier alpha value is -1.95. The van der Waals surface area contributed by atoms with E-state index in [1.165, 1.54) is 23.3 Å². The Kier molecular flexibility index (Phi) is 6.15. The second-order valence-corrected chi connectivity index (χ2v) is 8.07. The van der Waals surface area contributed by atoms with Crippen molar-refractivity contribution in [3.63, 3.8) is 0 Å². The van der Waals surface area contributed by atoms with Crippen molar-refractivity contribution in [2.75, 3.05) is 18.8 Å². The van der Waals surface area contributed by atoms with Crippen LogP contribution in [0.15, 0.2) is 48.5 Å². The van der Waals surface area contributed by atoms with Crippen LogP contribution in [0.25, 0.3) is 0 Å². The first-order valence-electron chi connectivity index (χ1n) is 8.95. The molecule has 3 rings (SSSR count). The number of aryl methyl sites for hydroxylation is 1. The van der Waals surface area contributed by atoms with E-state index in [4.69, 9.17) is 0 Å². The van der Waals surface area contributed by atoms with Crippen LogP contribution >= 0.6 is 11.8 Å². The van der Waals surface area contributed by atoms with Gasteiger partial charge in [0.1, 0.15) is 0 Å². The van der Waals surface area contributed by atoms with Gasteiger partial charge in [0, 0.05) is 24.1 Å². The topological polar surface area (TPSA) is 20.3 Å². The molecular weight excluding hydrogens is 371 g/mol. The maximum Gasteiger partial charge on any atom is 0.416 e. The quantitative estimate of drug-likeness (QED) is 0.709. The highest BCUT2D eigenvalue weighted by molar-refractivity contribution is 7.99. The van der Waals surface area contributed by atoms with Gasteiger partial charge in [0.05, 0.1) is 12.0 Å². The van der Waals surface area contributed by atoms with Gasteiger partial charge in [0.25, 0.3) is 0 Å². The molecule has 1 amide bonds. The van der Waals surface area contributed by atoms with Crippen molar-refractivity contribution < 1.29 is 18.0 Å². The summed E-state index contributed by atoms with van der Waals surface area (Å²) in [7, 11) is 0.